The molecule has 0 radical (unpaired) electrons. The number of nitro groups is 1. The van der Waals surface area contributed by atoms with Crippen LogP contribution < -0.4 is 10.1 Å². The van der Waals surface area contributed by atoms with E-state index < -0.39 is 10.8 Å². The van der Waals surface area contributed by atoms with Crippen LogP contribution in [-0.4, -0.2) is 22.9 Å². The highest BCUT2D eigenvalue weighted by Crippen LogP contribution is 2.34. The second kappa shape index (κ2) is 8.37. The number of hydrogen-bond donors (Lipinski definition) is 1. The van der Waals surface area contributed by atoms with Crippen molar-refractivity contribution in [3.05, 3.63) is 62.9 Å². The summed E-state index contributed by atoms with van der Waals surface area (Å²) in [7, 11) is 1.41. The van der Waals surface area contributed by atoms with Crippen LogP contribution in [0, 0.1) is 28.4 Å². The second-order valence-corrected chi connectivity index (χ2v) is 6.98. The van der Waals surface area contributed by atoms with Gasteiger partial charge in [0.15, 0.2) is 5.13 Å². The Morgan fingerprint density at radius 3 is 2.83 bits per heavy atom. The number of nitro benzene ring substituents is 1. The van der Waals surface area contributed by atoms with Crippen molar-refractivity contribution in [3.63, 3.8) is 0 Å². The summed E-state index contributed by atoms with van der Waals surface area (Å²) in [4.78, 5) is 28.0. The predicted molar refractivity (Wildman–Crippen MR) is 106 cm³/mol. The first-order chi connectivity index (χ1) is 13.9. The van der Waals surface area contributed by atoms with Gasteiger partial charge in [0.2, 0.25) is 0 Å². The third-order valence-corrected chi connectivity index (χ3v) is 4.62. The minimum Gasteiger partial charge on any atom is -0.497 e. The van der Waals surface area contributed by atoms with Crippen molar-refractivity contribution in [3.8, 4) is 23.1 Å². The Morgan fingerprint density at radius 2 is 2.21 bits per heavy atom. The van der Waals surface area contributed by atoms with Gasteiger partial charge in [-0.25, -0.2) is 4.98 Å². The molecule has 0 unspecified atom stereocenters. The van der Waals surface area contributed by atoms with Crippen LogP contribution in [0.2, 0.25) is 0 Å². The summed E-state index contributed by atoms with van der Waals surface area (Å²) in [6.07, 6.45) is 2.87. The zero-order chi connectivity index (χ0) is 21.0. The number of hydrogen-bond acceptors (Lipinski definition) is 8. The molecular formula is C19H14N4O5S. The number of benzene rings is 1. The highest BCUT2D eigenvalue weighted by molar-refractivity contribution is 7.15. The average Bonchev–Trinajstić information content (AvgIpc) is 3.34. The topological polar surface area (TPSA) is 131 Å². The van der Waals surface area contributed by atoms with Crippen molar-refractivity contribution >= 4 is 34.1 Å². The molecule has 0 atom stereocenters. The van der Waals surface area contributed by atoms with Crippen molar-refractivity contribution < 1.29 is 18.9 Å². The summed E-state index contributed by atoms with van der Waals surface area (Å²) in [6, 6.07) is 9.22. The first-order valence-electron chi connectivity index (χ1n) is 8.19. The first-order valence-corrected chi connectivity index (χ1v) is 9.01. The largest absolute Gasteiger partial charge is 0.497 e. The van der Waals surface area contributed by atoms with Crippen LogP contribution in [0.4, 0.5) is 10.8 Å². The van der Waals surface area contributed by atoms with E-state index >= 15 is 0 Å². The molecule has 0 saturated carbocycles. The number of nitrogens with zero attached hydrogens (tertiary/aromatic N) is 3. The quantitative estimate of drug-likeness (QED) is 0.279. The summed E-state index contributed by atoms with van der Waals surface area (Å²) in [5.41, 5.74) is -0.133. The lowest BCUT2D eigenvalue weighted by Crippen LogP contribution is -2.13. The highest BCUT2D eigenvalue weighted by Gasteiger charge is 2.20. The number of nitrogens with one attached hydrogen (secondary N) is 1. The van der Waals surface area contributed by atoms with Crippen LogP contribution in [0.25, 0.3) is 17.4 Å². The molecule has 9 nitrogen and oxygen atoms in total. The van der Waals surface area contributed by atoms with Crippen LogP contribution in [0.5, 0.6) is 5.75 Å². The van der Waals surface area contributed by atoms with E-state index in [1.807, 2.05) is 13.0 Å². The molecule has 2 aromatic heterocycles. The van der Waals surface area contributed by atoms with Gasteiger partial charge < -0.3 is 9.15 Å². The molecular weight excluding hydrogens is 396 g/mol. The van der Waals surface area contributed by atoms with E-state index in [4.69, 9.17) is 9.15 Å². The molecule has 1 aromatic carbocycles. The average molecular weight is 410 g/mol. The zero-order valence-corrected chi connectivity index (χ0v) is 16.1. The Hall–Kier alpha value is -3.97. The number of furan rings is 1. The maximum Gasteiger partial charge on any atom is 0.284 e. The van der Waals surface area contributed by atoms with Crippen LogP contribution >= 0.6 is 11.3 Å². The molecule has 0 spiro atoms. The van der Waals surface area contributed by atoms with Crippen molar-refractivity contribution in [2.45, 2.75) is 6.92 Å². The van der Waals surface area contributed by atoms with Crippen molar-refractivity contribution in [1.82, 2.24) is 4.98 Å². The van der Waals surface area contributed by atoms with E-state index in [-0.39, 0.29) is 28.3 Å². The fourth-order valence-corrected chi connectivity index (χ4v) is 3.10. The molecule has 0 fully saturated rings. The number of nitriles is 1. The van der Waals surface area contributed by atoms with Crippen LogP contribution in [0.15, 0.2) is 46.5 Å². The van der Waals surface area contributed by atoms with Gasteiger partial charge in [0.1, 0.15) is 28.9 Å². The molecule has 0 saturated heterocycles. The monoisotopic (exact) mass is 410 g/mol. The number of aryl methyl sites for hydroxylation is 1. The van der Waals surface area contributed by atoms with Gasteiger partial charge >= 0.3 is 0 Å². The third-order valence-electron chi connectivity index (χ3n) is 3.79. The number of thiazole rings is 1. The first kappa shape index (κ1) is 19.8. The highest BCUT2D eigenvalue weighted by atomic mass is 32.1. The number of methoxy groups -OCH3 is 1. The Morgan fingerprint density at radius 1 is 1.41 bits per heavy atom. The van der Waals surface area contributed by atoms with Crippen molar-refractivity contribution in [2.75, 3.05) is 12.4 Å². The maximum absolute atomic E-state index is 12.3. The molecule has 1 amide bonds. The number of amides is 1. The zero-order valence-electron chi connectivity index (χ0n) is 15.3. The molecule has 0 aliphatic carbocycles. The fraction of sp³-hybridized carbons (Fsp3) is 0.105. The lowest BCUT2D eigenvalue weighted by Gasteiger charge is -2.03. The molecule has 3 aromatic rings. The summed E-state index contributed by atoms with van der Waals surface area (Å²) in [5, 5.41) is 23.6. The Labute approximate surface area is 169 Å². The number of anilines is 1. The van der Waals surface area contributed by atoms with Gasteiger partial charge in [-0.15, -0.1) is 11.3 Å². The lowest BCUT2D eigenvalue weighted by atomic mass is 10.1. The van der Waals surface area contributed by atoms with E-state index in [2.05, 4.69) is 10.3 Å². The molecule has 1 N–H and O–H groups in total. The minimum atomic E-state index is -0.629. The maximum atomic E-state index is 12.3. The number of rotatable bonds is 6. The van der Waals surface area contributed by atoms with Crippen molar-refractivity contribution in [2.24, 2.45) is 0 Å². The molecule has 10 heteroatoms. The number of carbonyl (C=O) groups is 1. The van der Waals surface area contributed by atoms with Crippen LogP contribution in [-0.2, 0) is 4.79 Å². The summed E-state index contributed by atoms with van der Waals surface area (Å²) in [5.74, 6) is 0.134. The van der Waals surface area contributed by atoms with Gasteiger partial charge in [0.05, 0.1) is 23.7 Å². The van der Waals surface area contributed by atoms with Crippen LogP contribution in [0.3, 0.4) is 0 Å². The molecule has 2 heterocycles. The fourth-order valence-electron chi connectivity index (χ4n) is 2.44. The van der Waals surface area contributed by atoms with E-state index in [0.29, 0.717) is 10.9 Å². The second-order valence-electron chi connectivity index (χ2n) is 5.74. The van der Waals surface area contributed by atoms with Gasteiger partial charge in [0.25, 0.3) is 11.6 Å². The van der Waals surface area contributed by atoms with Crippen LogP contribution in [0.1, 0.15) is 10.6 Å². The summed E-state index contributed by atoms with van der Waals surface area (Å²) >= 11 is 1.28. The third kappa shape index (κ3) is 4.48. The van der Waals surface area contributed by atoms with Gasteiger partial charge in [-0.1, -0.05) is 0 Å². The minimum absolute atomic E-state index is 0.188. The normalized spacial score (nSPS) is 11.0. The molecule has 146 valence electrons. The molecule has 3 rings (SSSR count). The van der Waals surface area contributed by atoms with Gasteiger partial charge in [-0.3, -0.25) is 20.2 Å². The number of aromatic nitrogens is 1. The number of carbonyl (C=O) groups excluding carboxylic acids is 1. The number of ether oxygens (including phenoxy) is 1. The molecule has 29 heavy (non-hydrogen) atoms. The molecule has 0 bridgehead atoms. The van der Waals surface area contributed by atoms with Gasteiger partial charge in [0, 0.05) is 17.2 Å². The standard InChI is InChI=1S/C19H14N4O5S/c1-11-10-21-19(29-11)22-18(24)12(9-20)7-14-4-6-17(28-14)15-5-3-13(27-2)8-16(15)23(25)26/h3-8,10H,1-2H3,(H,21,22,24). The molecule has 0 aliphatic rings. The summed E-state index contributed by atoms with van der Waals surface area (Å²) < 4.78 is 10.6. The smallest absolute Gasteiger partial charge is 0.284 e. The SMILES string of the molecule is COc1ccc(-c2ccc(C=C(C#N)C(=O)Nc3ncc(C)s3)o2)c([N+](=O)[O-])c1. The van der Waals surface area contributed by atoms with Crippen molar-refractivity contribution in [1.29, 1.82) is 5.26 Å². The van der Waals surface area contributed by atoms with Gasteiger partial charge in [-0.2, -0.15) is 5.26 Å². The van der Waals surface area contributed by atoms with Gasteiger partial charge in [-0.05, 0) is 31.2 Å². The van der Waals surface area contributed by atoms with E-state index in [9.17, 15) is 20.2 Å². The van der Waals surface area contributed by atoms with E-state index in [1.54, 1.807) is 12.3 Å². The Kier molecular flexibility index (Phi) is 5.71. The predicted octanol–water partition coefficient (Wildman–Crippen LogP) is 4.17. The van der Waals surface area contributed by atoms with E-state index in [0.717, 1.165) is 4.88 Å². The summed E-state index contributed by atoms with van der Waals surface area (Å²) in [6.45, 7) is 1.84. The molecule has 0 aliphatic heterocycles. The lowest BCUT2D eigenvalue weighted by molar-refractivity contribution is -0.384. The Bertz CT molecular complexity index is 1160. The van der Waals surface area contributed by atoms with E-state index in [1.165, 1.54) is 48.8 Å². The Balaban J connectivity index is 1.88.